The fourth-order valence-corrected chi connectivity index (χ4v) is 4.03. The molecular formula is C20H21F3N4O4S. The number of carbonyl (C=O) groups excluding carboxylic acids is 2. The molecule has 12 heteroatoms. The highest BCUT2D eigenvalue weighted by Gasteiger charge is 2.43. The molecule has 1 aromatic heterocycles. The van der Waals surface area contributed by atoms with E-state index in [1.165, 1.54) is 6.92 Å². The third-order valence-electron chi connectivity index (χ3n) is 4.56. The van der Waals surface area contributed by atoms with Crippen molar-refractivity contribution in [3.63, 3.8) is 0 Å². The fraction of sp³-hybridized carbons (Fsp3) is 0.400. The van der Waals surface area contributed by atoms with Gasteiger partial charge in [0.1, 0.15) is 11.4 Å². The maximum absolute atomic E-state index is 12.5. The average Bonchev–Trinajstić information content (AvgIpc) is 3.16. The molecule has 172 valence electrons. The fourth-order valence-electron chi connectivity index (χ4n) is 3.12. The number of hydrogen-bond donors (Lipinski definition) is 0. The second kappa shape index (κ2) is 10.2. The van der Waals surface area contributed by atoms with Crippen LogP contribution in [-0.2, 0) is 21.0 Å². The second-order valence-electron chi connectivity index (χ2n) is 7.04. The molecule has 0 radical (unpaired) electrons. The van der Waals surface area contributed by atoms with Gasteiger partial charge in [0.2, 0.25) is 0 Å². The van der Waals surface area contributed by atoms with Crippen LogP contribution in [0.2, 0.25) is 0 Å². The maximum atomic E-state index is 12.5. The first-order chi connectivity index (χ1) is 15.1. The standard InChI is InChI=1S/C20H21F3N4O4S/c1-13(28)32-18-7-8-27(31-19(29)20(21,22)23)11-15(18)9-16-12-26(25-24-16)10-14-3-5-17(30-2)6-4-14/h3-6,9,12,18H,7-8,10-11H2,1-2H3/b15-9+. The number of hydrogen-bond acceptors (Lipinski definition) is 8. The number of hydroxylamine groups is 2. The molecule has 1 aliphatic heterocycles. The van der Waals surface area contributed by atoms with Gasteiger partial charge >= 0.3 is 12.1 Å². The van der Waals surface area contributed by atoms with Gasteiger partial charge in [-0.3, -0.25) is 4.79 Å². The van der Waals surface area contributed by atoms with E-state index >= 15 is 0 Å². The van der Waals surface area contributed by atoms with Crippen molar-refractivity contribution in [2.75, 3.05) is 20.2 Å². The summed E-state index contributed by atoms with van der Waals surface area (Å²) in [5, 5.41) is 8.73. The van der Waals surface area contributed by atoms with Gasteiger partial charge in [-0.2, -0.15) is 13.2 Å². The van der Waals surface area contributed by atoms with Crippen molar-refractivity contribution in [2.45, 2.75) is 31.3 Å². The van der Waals surface area contributed by atoms with Crippen LogP contribution in [0.5, 0.6) is 5.75 Å². The molecule has 0 spiro atoms. The van der Waals surface area contributed by atoms with Crippen LogP contribution in [0.15, 0.2) is 36.0 Å². The zero-order valence-electron chi connectivity index (χ0n) is 17.3. The van der Waals surface area contributed by atoms with Crippen LogP contribution in [0.3, 0.4) is 0 Å². The quantitative estimate of drug-likeness (QED) is 0.637. The number of ether oxygens (including phenoxy) is 1. The summed E-state index contributed by atoms with van der Waals surface area (Å²) in [4.78, 5) is 27.2. The van der Waals surface area contributed by atoms with Gasteiger partial charge < -0.3 is 9.57 Å². The minimum atomic E-state index is -5.08. The van der Waals surface area contributed by atoms with Crippen molar-refractivity contribution >= 4 is 28.9 Å². The highest BCUT2D eigenvalue weighted by atomic mass is 32.2. The molecule has 8 nitrogen and oxygen atoms in total. The van der Waals surface area contributed by atoms with Crippen LogP contribution in [0, 0.1) is 0 Å². The van der Waals surface area contributed by atoms with Crippen molar-refractivity contribution < 1.29 is 32.3 Å². The molecule has 1 aromatic carbocycles. The molecule has 32 heavy (non-hydrogen) atoms. The lowest BCUT2D eigenvalue weighted by Gasteiger charge is -2.32. The molecule has 3 rings (SSSR count). The molecule has 0 saturated carbocycles. The lowest BCUT2D eigenvalue weighted by Crippen LogP contribution is -2.41. The molecule has 0 amide bonds. The van der Waals surface area contributed by atoms with E-state index in [9.17, 15) is 22.8 Å². The van der Waals surface area contributed by atoms with Crippen LogP contribution in [0.1, 0.15) is 24.6 Å². The number of thioether (sulfide) groups is 1. The first-order valence-corrected chi connectivity index (χ1v) is 10.5. The zero-order chi connectivity index (χ0) is 23.3. The third kappa shape index (κ3) is 6.57. The van der Waals surface area contributed by atoms with Gasteiger partial charge in [-0.15, -0.1) is 10.2 Å². The van der Waals surface area contributed by atoms with Crippen LogP contribution in [0.4, 0.5) is 13.2 Å². The summed E-state index contributed by atoms with van der Waals surface area (Å²) in [5.74, 6) is -1.54. The molecule has 2 aromatic rings. The van der Waals surface area contributed by atoms with Crippen LogP contribution in [-0.4, -0.2) is 62.8 Å². The first-order valence-electron chi connectivity index (χ1n) is 9.59. The van der Waals surface area contributed by atoms with E-state index in [4.69, 9.17) is 4.74 Å². The number of rotatable bonds is 6. The average molecular weight is 470 g/mol. The smallest absolute Gasteiger partial charge is 0.492 e. The minimum Gasteiger partial charge on any atom is -0.497 e. The van der Waals surface area contributed by atoms with E-state index in [2.05, 4.69) is 15.1 Å². The van der Waals surface area contributed by atoms with Gasteiger partial charge in [0.05, 0.1) is 26.4 Å². The van der Waals surface area contributed by atoms with E-state index < -0.39 is 12.1 Å². The first kappa shape index (κ1) is 23.8. The Hall–Kier alpha value is -2.86. The number of nitrogens with zero attached hydrogens (tertiary/aromatic N) is 4. The zero-order valence-corrected chi connectivity index (χ0v) is 18.2. The Labute approximate surface area is 186 Å². The summed E-state index contributed by atoms with van der Waals surface area (Å²) < 4.78 is 44.3. The van der Waals surface area contributed by atoms with Gasteiger partial charge in [0, 0.05) is 18.7 Å². The largest absolute Gasteiger partial charge is 0.497 e. The minimum absolute atomic E-state index is 0.0713. The molecule has 0 bridgehead atoms. The summed E-state index contributed by atoms with van der Waals surface area (Å²) in [7, 11) is 1.58. The predicted molar refractivity (Wildman–Crippen MR) is 110 cm³/mol. The van der Waals surface area contributed by atoms with Crippen LogP contribution >= 0.6 is 11.8 Å². The lowest BCUT2D eigenvalue weighted by atomic mass is 10.0. The number of methoxy groups -OCH3 is 1. The Morgan fingerprint density at radius 3 is 2.62 bits per heavy atom. The summed E-state index contributed by atoms with van der Waals surface area (Å²) in [6.07, 6.45) is -1.40. The summed E-state index contributed by atoms with van der Waals surface area (Å²) in [6, 6.07) is 7.45. The Balaban J connectivity index is 1.74. The topological polar surface area (TPSA) is 86.5 Å². The van der Waals surface area contributed by atoms with Crippen LogP contribution < -0.4 is 4.74 Å². The highest BCUT2D eigenvalue weighted by Crippen LogP contribution is 2.30. The predicted octanol–water partition coefficient (Wildman–Crippen LogP) is 3.09. The molecule has 1 saturated heterocycles. The third-order valence-corrected chi connectivity index (χ3v) is 5.71. The van der Waals surface area contributed by atoms with E-state index in [-0.39, 0.29) is 23.5 Å². The number of piperidine rings is 1. The van der Waals surface area contributed by atoms with Gasteiger partial charge in [-0.25, -0.2) is 9.48 Å². The Bertz CT molecular complexity index is 991. The van der Waals surface area contributed by atoms with Crippen LogP contribution in [0.25, 0.3) is 6.08 Å². The molecule has 1 fully saturated rings. The molecule has 1 aliphatic rings. The Morgan fingerprint density at radius 2 is 2.00 bits per heavy atom. The molecule has 0 N–H and O–H groups in total. The second-order valence-corrected chi connectivity index (χ2v) is 8.41. The number of halogens is 3. The van der Waals surface area contributed by atoms with Crippen molar-refractivity contribution in [3.8, 4) is 5.75 Å². The monoisotopic (exact) mass is 470 g/mol. The SMILES string of the molecule is COc1ccc(Cn2cc(/C=C3\CN(OC(=O)C(F)(F)F)CCC3SC(C)=O)nn2)cc1. The van der Waals surface area contributed by atoms with E-state index in [1.807, 2.05) is 24.3 Å². The number of benzene rings is 1. The van der Waals surface area contributed by atoms with E-state index in [0.717, 1.165) is 28.1 Å². The highest BCUT2D eigenvalue weighted by molar-refractivity contribution is 8.14. The van der Waals surface area contributed by atoms with Gasteiger partial charge in [0.15, 0.2) is 5.12 Å². The lowest BCUT2D eigenvalue weighted by molar-refractivity contribution is -0.238. The van der Waals surface area contributed by atoms with Gasteiger partial charge in [0.25, 0.3) is 0 Å². The van der Waals surface area contributed by atoms with Crippen molar-refractivity contribution in [2.24, 2.45) is 0 Å². The molecule has 0 aliphatic carbocycles. The Kier molecular flexibility index (Phi) is 7.56. The van der Waals surface area contributed by atoms with Crippen molar-refractivity contribution in [3.05, 3.63) is 47.3 Å². The summed E-state index contributed by atoms with van der Waals surface area (Å²) in [5.41, 5.74) is 2.07. The summed E-state index contributed by atoms with van der Waals surface area (Å²) in [6.45, 7) is 1.89. The van der Waals surface area contributed by atoms with E-state index in [1.54, 1.807) is 24.1 Å². The maximum Gasteiger partial charge on any atom is 0.492 e. The normalized spacial score (nSPS) is 18.5. The van der Waals surface area contributed by atoms with Gasteiger partial charge in [-0.1, -0.05) is 29.1 Å². The summed E-state index contributed by atoms with van der Waals surface area (Å²) >= 11 is 1.08. The molecule has 2 heterocycles. The number of alkyl halides is 3. The Morgan fingerprint density at radius 1 is 1.28 bits per heavy atom. The van der Waals surface area contributed by atoms with E-state index in [0.29, 0.717) is 24.2 Å². The molecule has 1 unspecified atom stereocenters. The van der Waals surface area contributed by atoms with Crippen molar-refractivity contribution in [1.29, 1.82) is 0 Å². The number of carbonyl (C=O) groups is 2. The van der Waals surface area contributed by atoms with Gasteiger partial charge in [-0.05, 0) is 35.8 Å². The molecule has 1 atom stereocenters. The van der Waals surface area contributed by atoms with Crippen molar-refractivity contribution in [1.82, 2.24) is 20.1 Å². The molecular weight excluding hydrogens is 449 g/mol. The number of aromatic nitrogens is 3.